The van der Waals surface area contributed by atoms with Gasteiger partial charge in [0.2, 0.25) is 0 Å². The van der Waals surface area contributed by atoms with Crippen LogP contribution in [0.2, 0.25) is 0 Å². The van der Waals surface area contributed by atoms with E-state index in [0.29, 0.717) is 11.5 Å². The van der Waals surface area contributed by atoms with Crippen molar-refractivity contribution in [3.8, 4) is 22.9 Å². The van der Waals surface area contributed by atoms with Crippen LogP contribution in [-0.2, 0) is 37.8 Å². The van der Waals surface area contributed by atoms with Gasteiger partial charge >= 0.3 is 328 Å². The largest absolute Gasteiger partial charge is 0.199 e. The molecule has 4 atom stereocenters. The molecular weight excluding hydrogens is 893 g/mol. The van der Waals surface area contributed by atoms with Gasteiger partial charge in [0.15, 0.2) is 0 Å². The van der Waals surface area contributed by atoms with E-state index in [1.807, 2.05) is 60.7 Å². The predicted octanol–water partition coefficient (Wildman–Crippen LogP) is 16.6. The minimum Gasteiger partial charge on any atom is -0.199 e. The van der Waals surface area contributed by atoms with E-state index in [9.17, 15) is 10.2 Å². The van der Waals surface area contributed by atoms with Gasteiger partial charge in [-0.15, -0.1) is 24.3 Å². The zero-order valence-corrected chi connectivity index (χ0v) is 43.5. The number of aromatic nitrogens is 2. The van der Waals surface area contributed by atoms with E-state index in [2.05, 4.69) is 162 Å². The molecule has 7 heteroatoms. The summed E-state index contributed by atoms with van der Waals surface area (Å²) in [7, 11) is 0.516. The van der Waals surface area contributed by atoms with Crippen LogP contribution in [-0.4, -0.2) is 29.8 Å². The fourth-order valence-electron chi connectivity index (χ4n) is 9.17. The van der Waals surface area contributed by atoms with Crippen LogP contribution >= 0.6 is 15.9 Å². The van der Waals surface area contributed by atoms with Gasteiger partial charge in [-0.3, -0.25) is 0 Å². The maximum absolute atomic E-state index is 12.1. The zero-order chi connectivity index (χ0) is 47.3. The Balaban J connectivity index is 0.000000372. The smallest absolute Gasteiger partial charge is 0.0866 e. The summed E-state index contributed by atoms with van der Waals surface area (Å²) in [4.78, 5) is 0. The molecular formula is C60H68N2O2S2Ti-2. The first-order chi connectivity index (χ1) is 32.1. The number of phenolic OH excluding ortho intramolecular Hbond substituents is 2. The number of rotatable bonds is 6. The molecule has 0 saturated heterocycles. The van der Waals surface area contributed by atoms with E-state index in [1.54, 1.807) is 0 Å². The number of phenols is 2. The molecule has 3 heterocycles. The van der Waals surface area contributed by atoms with Crippen LogP contribution in [0.3, 0.4) is 0 Å². The van der Waals surface area contributed by atoms with Crippen LogP contribution in [0.1, 0.15) is 113 Å². The Hall–Kier alpha value is -4.85. The summed E-state index contributed by atoms with van der Waals surface area (Å²) in [5, 5.41) is 30.4. The molecule has 2 aromatic heterocycles. The topological polar surface area (TPSA) is 50.3 Å². The third kappa shape index (κ3) is 11.9. The number of aromatic hydroxyl groups is 2. The fraction of sp³-hybridized carbons (Fsp3) is 0.300. The van der Waals surface area contributed by atoms with Crippen molar-refractivity contribution in [1.29, 1.82) is 0 Å². The van der Waals surface area contributed by atoms with Crippen molar-refractivity contribution in [1.82, 2.24) is 9.13 Å². The van der Waals surface area contributed by atoms with Crippen molar-refractivity contribution in [3.63, 3.8) is 0 Å². The van der Waals surface area contributed by atoms with E-state index in [4.69, 9.17) is 0 Å². The third-order valence-electron chi connectivity index (χ3n) is 13.1. The maximum Gasteiger partial charge on any atom is -0.0866 e. The van der Waals surface area contributed by atoms with Gasteiger partial charge in [-0.05, 0) is 0 Å². The molecule has 0 spiro atoms. The van der Waals surface area contributed by atoms with Gasteiger partial charge in [-0.2, -0.15) is 49.2 Å². The van der Waals surface area contributed by atoms with Gasteiger partial charge in [0.25, 0.3) is 0 Å². The van der Waals surface area contributed by atoms with Crippen LogP contribution in [0.5, 0.6) is 11.5 Å². The molecule has 4 nitrogen and oxygen atoms in total. The molecule has 1 saturated carbocycles. The molecule has 1 aliphatic heterocycles. The molecule has 6 aromatic carbocycles. The standard InChI is InChI=1S/C46H54N2O2S2.2C7H7.Ti/c1-45(2,3)37-21-35(43(49)39(23-37)47-25-31-15-11-12-16-32(31)26-47)29-51-41-19-9-7-8-10-20-42(41)52-30-36-22-38(46(4,5)6)24-40(44(36)50)48-27-33-17-13-14-18-34(33)28-48;2*1-7-5-3-2-4-6-7;/h11-18,21-28,41-42,49-50H,7-10,19-20,29-30H2,1-6H3;2*2-6H,1H2;/q;2*-1;/t41-,42?;;;/m0.../s1. The van der Waals surface area contributed by atoms with Crippen molar-refractivity contribution < 1.29 is 25.7 Å². The molecule has 348 valence electrons. The SMILES string of the molecule is CC(C)(C)c1cc(C[S]2=[Ti]=[S@@](Cc3cc(C(C)(C)C)cc(-n4cc5ccccc5c4)c3O)C3CCCCCC[C@@H]32)c(O)c(-n2cc3ccccc3c2)c1.[CH2-]c1ccccc1.[CH2-]c1ccccc1. The van der Waals surface area contributed by atoms with Crippen LogP contribution in [0.25, 0.3) is 32.9 Å². The molecule has 1 aliphatic carbocycles. The first kappa shape index (κ1) is 48.6. The van der Waals surface area contributed by atoms with Gasteiger partial charge < -0.3 is 0 Å². The normalized spacial score (nSPS) is 18.3. The van der Waals surface area contributed by atoms with E-state index in [1.165, 1.54) is 71.2 Å². The summed E-state index contributed by atoms with van der Waals surface area (Å²) in [5.74, 6) is 2.85. The van der Waals surface area contributed by atoms with E-state index in [0.717, 1.165) is 55.6 Å². The molecule has 2 N–H and O–H groups in total. The predicted molar refractivity (Wildman–Crippen MR) is 287 cm³/mol. The number of hydrogen-bond donors (Lipinski definition) is 2. The second kappa shape index (κ2) is 21.2. The van der Waals surface area contributed by atoms with E-state index < -0.39 is 0 Å². The molecule has 0 amide bonds. The quantitative estimate of drug-likeness (QED) is 0.129. The Morgan fingerprint density at radius 3 is 1.12 bits per heavy atom. The minimum atomic E-state index is -0.349. The number of benzene rings is 6. The average Bonchev–Trinajstić information content (AvgIpc) is 4.00. The summed E-state index contributed by atoms with van der Waals surface area (Å²) in [5.41, 5.74) is 8.68. The zero-order valence-electron chi connectivity index (χ0n) is 40.3. The minimum absolute atomic E-state index is 0.0369. The molecule has 0 radical (unpaired) electrons. The number of fused-ring (bicyclic) bond motifs is 3. The Kier molecular flexibility index (Phi) is 15.4. The van der Waals surface area contributed by atoms with Crippen LogP contribution in [0, 0.1) is 13.8 Å². The van der Waals surface area contributed by atoms with E-state index >= 15 is 0 Å². The summed E-state index contributed by atoms with van der Waals surface area (Å²) in [6.45, 7) is 21.2. The fourth-order valence-corrected chi connectivity index (χ4v) is 30.0. The summed E-state index contributed by atoms with van der Waals surface area (Å²) >= 11 is -0.349. The van der Waals surface area contributed by atoms with Crippen molar-refractivity contribution in [2.24, 2.45) is 0 Å². The van der Waals surface area contributed by atoms with Crippen LogP contribution in [0.4, 0.5) is 0 Å². The van der Waals surface area contributed by atoms with Gasteiger partial charge in [0.1, 0.15) is 0 Å². The Labute approximate surface area is 410 Å². The molecule has 2 aliphatic rings. The first-order valence-electron chi connectivity index (χ1n) is 23.9. The van der Waals surface area contributed by atoms with Gasteiger partial charge in [-0.1, -0.05) is 12.1 Å². The molecule has 8 aromatic rings. The molecule has 2 unspecified atom stereocenters. The molecule has 10 rings (SSSR count). The summed E-state index contributed by atoms with van der Waals surface area (Å²) in [6.07, 6.45) is 16.6. The summed E-state index contributed by atoms with van der Waals surface area (Å²) in [6, 6.07) is 45.8. The second-order valence-corrected chi connectivity index (χ2v) is 31.8. The molecule has 1 fully saturated rings. The Bertz CT molecular complexity index is 2770. The van der Waals surface area contributed by atoms with Crippen molar-refractivity contribution >= 4 is 37.5 Å². The average molecular weight is 961 g/mol. The van der Waals surface area contributed by atoms with Gasteiger partial charge in [-0.25, -0.2) is 0 Å². The molecule has 67 heavy (non-hydrogen) atoms. The van der Waals surface area contributed by atoms with Crippen LogP contribution < -0.4 is 0 Å². The first-order valence-corrected chi connectivity index (χ1v) is 30.6. The maximum atomic E-state index is 12.1. The van der Waals surface area contributed by atoms with Crippen molar-refractivity contribution in [2.75, 3.05) is 0 Å². The second-order valence-electron chi connectivity index (χ2n) is 20.4. The summed E-state index contributed by atoms with van der Waals surface area (Å²) < 4.78 is 4.29. The monoisotopic (exact) mass is 960 g/mol. The van der Waals surface area contributed by atoms with E-state index in [-0.39, 0.29) is 42.2 Å². The Morgan fingerprint density at radius 1 is 0.493 bits per heavy atom. The van der Waals surface area contributed by atoms with Crippen LogP contribution in [0.15, 0.2) is 158 Å². The van der Waals surface area contributed by atoms with Crippen molar-refractivity contribution in [2.45, 2.75) is 113 Å². The van der Waals surface area contributed by atoms with Gasteiger partial charge in [0.05, 0.1) is 0 Å². The van der Waals surface area contributed by atoms with Gasteiger partial charge in [0, 0.05) is 0 Å². The Morgan fingerprint density at radius 2 is 0.821 bits per heavy atom. The van der Waals surface area contributed by atoms with Crippen molar-refractivity contribution in [3.05, 3.63) is 205 Å². The molecule has 0 bridgehead atoms. The third-order valence-corrected chi connectivity index (χ3v) is 29.1. The number of nitrogens with zero attached hydrogens (tertiary/aromatic N) is 2. The number of hydrogen-bond acceptors (Lipinski definition) is 2.